The average Bonchev–Trinajstić information content (AvgIpc) is 2.40. The van der Waals surface area contributed by atoms with Crippen molar-refractivity contribution < 1.29 is 4.79 Å². The summed E-state index contributed by atoms with van der Waals surface area (Å²) < 4.78 is 0. The highest BCUT2D eigenvalue weighted by Gasteiger charge is 2.13. The summed E-state index contributed by atoms with van der Waals surface area (Å²) in [6, 6.07) is 5.61. The Balaban J connectivity index is 2.06. The van der Waals surface area contributed by atoms with Crippen LogP contribution in [0.3, 0.4) is 0 Å². The highest BCUT2D eigenvalue weighted by Crippen LogP contribution is 2.03. The number of aromatic nitrogens is 3. The van der Waals surface area contributed by atoms with Crippen molar-refractivity contribution in [3.8, 4) is 0 Å². The number of rotatable bonds is 3. The molecular formula is C12H12N4O. The molecule has 2 aromatic heterocycles. The van der Waals surface area contributed by atoms with Gasteiger partial charge in [0.05, 0.1) is 18.4 Å². The van der Waals surface area contributed by atoms with Gasteiger partial charge in [0.25, 0.3) is 5.91 Å². The van der Waals surface area contributed by atoms with Crippen LogP contribution < -0.4 is 0 Å². The van der Waals surface area contributed by atoms with Crippen LogP contribution in [0, 0.1) is 0 Å². The molecule has 0 spiro atoms. The molecule has 1 amide bonds. The Bertz CT molecular complexity index is 486. The van der Waals surface area contributed by atoms with E-state index in [0.717, 1.165) is 5.69 Å². The normalized spacial score (nSPS) is 9.94. The Labute approximate surface area is 99.2 Å². The van der Waals surface area contributed by atoms with Crippen LogP contribution in [0.15, 0.2) is 43.0 Å². The van der Waals surface area contributed by atoms with Crippen molar-refractivity contribution in [1.82, 2.24) is 19.9 Å². The molecule has 0 unspecified atom stereocenters. The number of carbonyl (C=O) groups excluding carboxylic acids is 1. The highest BCUT2D eigenvalue weighted by molar-refractivity contribution is 5.91. The van der Waals surface area contributed by atoms with Crippen LogP contribution in [0.5, 0.6) is 0 Å². The van der Waals surface area contributed by atoms with Gasteiger partial charge in [-0.3, -0.25) is 14.8 Å². The second kappa shape index (κ2) is 5.16. The third kappa shape index (κ3) is 2.84. The van der Waals surface area contributed by atoms with Crippen molar-refractivity contribution in [2.45, 2.75) is 6.54 Å². The first-order valence-corrected chi connectivity index (χ1v) is 5.19. The van der Waals surface area contributed by atoms with E-state index in [2.05, 4.69) is 15.0 Å². The fourth-order valence-corrected chi connectivity index (χ4v) is 1.41. The van der Waals surface area contributed by atoms with Crippen LogP contribution in [-0.2, 0) is 6.54 Å². The lowest BCUT2D eigenvalue weighted by atomic mass is 10.3. The van der Waals surface area contributed by atoms with Crippen LogP contribution >= 0.6 is 0 Å². The van der Waals surface area contributed by atoms with Gasteiger partial charge in [0.1, 0.15) is 5.69 Å². The molecule has 86 valence electrons. The first-order valence-electron chi connectivity index (χ1n) is 5.19. The van der Waals surface area contributed by atoms with Crippen LogP contribution in [0.2, 0.25) is 0 Å². The summed E-state index contributed by atoms with van der Waals surface area (Å²) in [6.45, 7) is 0.455. The van der Waals surface area contributed by atoms with E-state index < -0.39 is 0 Å². The van der Waals surface area contributed by atoms with E-state index in [9.17, 15) is 4.79 Å². The molecule has 5 nitrogen and oxygen atoms in total. The Kier molecular flexibility index (Phi) is 3.40. The number of carbonyl (C=O) groups is 1. The minimum Gasteiger partial charge on any atom is -0.334 e. The fraction of sp³-hybridized carbons (Fsp3) is 0.167. The van der Waals surface area contributed by atoms with Gasteiger partial charge >= 0.3 is 0 Å². The van der Waals surface area contributed by atoms with E-state index in [1.54, 1.807) is 18.1 Å². The number of nitrogens with zero attached hydrogens (tertiary/aromatic N) is 4. The maximum absolute atomic E-state index is 11.9. The Morgan fingerprint density at radius 1 is 1.24 bits per heavy atom. The summed E-state index contributed by atoms with van der Waals surface area (Å²) in [6.07, 6.45) is 6.20. The molecule has 2 rings (SSSR count). The molecular weight excluding hydrogens is 216 g/mol. The van der Waals surface area contributed by atoms with Crippen molar-refractivity contribution >= 4 is 5.91 Å². The van der Waals surface area contributed by atoms with Gasteiger partial charge in [0.2, 0.25) is 0 Å². The lowest BCUT2D eigenvalue weighted by Gasteiger charge is -2.15. The van der Waals surface area contributed by atoms with Crippen LogP contribution in [-0.4, -0.2) is 32.8 Å². The summed E-state index contributed by atoms with van der Waals surface area (Å²) in [5.41, 5.74) is 1.18. The molecule has 17 heavy (non-hydrogen) atoms. The number of amides is 1. The second-order valence-corrected chi connectivity index (χ2v) is 3.57. The van der Waals surface area contributed by atoms with E-state index >= 15 is 0 Å². The predicted octanol–water partition coefficient (Wildman–Crippen LogP) is 1.14. The molecule has 0 aromatic carbocycles. The zero-order chi connectivity index (χ0) is 12.1. The van der Waals surface area contributed by atoms with Crippen LogP contribution in [0.4, 0.5) is 0 Å². The van der Waals surface area contributed by atoms with Gasteiger partial charge in [-0.05, 0) is 12.1 Å². The largest absolute Gasteiger partial charge is 0.334 e. The summed E-state index contributed by atoms with van der Waals surface area (Å²) in [5, 5.41) is 0. The molecule has 0 aliphatic rings. The molecule has 0 radical (unpaired) electrons. The maximum Gasteiger partial charge on any atom is 0.274 e. The molecule has 5 heteroatoms. The lowest BCUT2D eigenvalue weighted by Crippen LogP contribution is -2.27. The monoisotopic (exact) mass is 228 g/mol. The quantitative estimate of drug-likeness (QED) is 0.790. The lowest BCUT2D eigenvalue weighted by molar-refractivity contribution is 0.0777. The standard InChI is InChI=1S/C12H12N4O/c1-16(9-10-4-2-3-5-14-10)12(17)11-8-13-6-7-15-11/h2-8H,9H2,1H3. The van der Waals surface area contributed by atoms with Crippen LogP contribution in [0.1, 0.15) is 16.2 Å². The topological polar surface area (TPSA) is 59.0 Å². The van der Waals surface area contributed by atoms with Gasteiger partial charge in [-0.25, -0.2) is 4.98 Å². The molecule has 0 atom stereocenters. The van der Waals surface area contributed by atoms with E-state index in [1.807, 2.05) is 18.2 Å². The summed E-state index contributed by atoms with van der Waals surface area (Å²) in [5.74, 6) is -0.163. The molecule has 0 saturated carbocycles. The number of hydrogen-bond donors (Lipinski definition) is 0. The van der Waals surface area contributed by atoms with Crippen molar-refractivity contribution in [3.05, 3.63) is 54.4 Å². The third-order valence-corrected chi connectivity index (χ3v) is 2.25. The molecule has 2 aromatic rings. The molecule has 0 fully saturated rings. The summed E-state index contributed by atoms with van der Waals surface area (Å²) in [7, 11) is 1.71. The van der Waals surface area contributed by atoms with Crippen molar-refractivity contribution in [1.29, 1.82) is 0 Å². The molecule has 0 N–H and O–H groups in total. The zero-order valence-corrected chi connectivity index (χ0v) is 9.45. The SMILES string of the molecule is CN(Cc1ccccn1)C(=O)c1cnccn1. The zero-order valence-electron chi connectivity index (χ0n) is 9.45. The second-order valence-electron chi connectivity index (χ2n) is 3.57. The number of pyridine rings is 1. The van der Waals surface area contributed by atoms with Crippen LogP contribution in [0.25, 0.3) is 0 Å². The van der Waals surface area contributed by atoms with Gasteiger partial charge in [-0.15, -0.1) is 0 Å². The molecule has 0 aliphatic heterocycles. The Morgan fingerprint density at radius 2 is 2.12 bits per heavy atom. The summed E-state index contributed by atoms with van der Waals surface area (Å²) in [4.78, 5) is 25.5. The summed E-state index contributed by atoms with van der Waals surface area (Å²) >= 11 is 0. The average molecular weight is 228 g/mol. The van der Waals surface area contributed by atoms with Gasteiger partial charge in [0.15, 0.2) is 0 Å². The van der Waals surface area contributed by atoms with Gasteiger partial charge in [0, 0.05) is 25.6 Å². The first kappa shape index (κ1) is 11.2. The third-order valence-electron chi connectivity index (χ3n) is 2.25. The molecule has 0 aliphatic carbocycles. The molecule has 0 saturated heterocycles. The number of hydrogen-bond acceptors (Lipinski definition) is 4. The Morgan fingerprint density at radius 3 is 2.76 bits per heavy atom. The minimum atomic E-state index is -0.163. The van der Waals surface area contributed by atoms with Crippen molar-refractivity contribution in [2.75, 3.05) is 7.05 Å². The highest BCUT2D eigenvalue weighted by atomic mass is 16.2. The Hall–Kier alpha value is -2.30. The minimum absolute atomic E-state index is 0.163. The van der Waals surface area contributed by atoms with E-state index in [4.69, 9.17) is 0 Å². The molecule has 0 bridgehead atoms. The van der Waals surface area contributed by atoms with Gasteiger partial charge in [-0.1, -0.05) is 6.07 Å². The van der Waals surface area contributed by atoms with E-state index in [-0.39, 0.29) is 5.91 Å². The first-order chi connectivity index (χ1) is 8.27. The van der Waals surface area contributed by atoms with Crippen molar-refractivity contribution in [2.24, 2.45) is 0 Å². The maximum atomic E-state index is 11.9. The van der Waals surface area contributed by atoms with E-state index in [0.29, 0.717) is 12.2 Å². The van der Waals surface area contributed by atoms with E-state index in [1.165, 1.54) is 18.6 Å². The molecule has 2 heterocycles. The smallest absolute Gasteiger partial charge is 0.274 e. The van der Waals surface area contributed by atoms with Crippen molar-refractivity contribution in [3.63, 3.8) is 0 Å². The van der Waals surface area contributed by atoms with Gasteiger partial charge in [-0.2, -0.15) is 0 Å². The van der Waals surface area contributed by atoms with Gasteiger partial charge < -0.3 is 4.90 Å². The predicted molar refractivity (Wildman–Crippen MR) is 62.1 cm³/mol. The fourth-order valence-electron chi connectivity index (χ4n) is 1.41.